The van der Waals surface area contributed by atoms with Crippen molar-refractivity contribution in [3.8, 4) is 11.4 Å². The molecule has 4 aromatic rings. The van der Waals surface area contributed by atoms with Crippen molar-refractivity contribution < 1.29 is 13.6 Å². The van der Waals surface area contributed by atoms with Crippen LogP contribution in [-0.4, -0.2) is 30.9 Å². The second-order valence-electron chi connectivity index (χ2n) is 7.55. The first-order valence-corrected chi connectivity index (χ1v) is 11.0. The van der Waals surface area contributed by atoms with Crippen LogP contribution in [0, 0.1) is 25.5 Å². The summed E-state index contributed by atoms with van der Waals surface area (Å²) in [5.41, 5.74) is 3.79. The van der Waals surface area contributed by atoms with E-state index in [-0.39, 0.29) is 23.2 Å². The van der Waals surface area contributed by atoms with Crippen LogP contribution in [-0.2, 0) is 13.6 Å². The number of rotatable bonds is 7. The van der Waals surface area contributed by atoms with Crippen molar-refractivity contribution in [3.63, 3.8) is 0 Å². The first kappa shape index (κ1) is 22.0. The topological polar surface area (TPSA) is 52.7 Å². The van der Waals surface area contributed by atoms with Crippen molar-refractivity contribution in [2.45, 2.75) is 25.5 Å². The zero-order valence-corrected chi connectivity index (χ0v) is 18.8. The molecule has 0 radical (unpaired) electrons. The summed E-state index contributed by atoms with van der Waals surface area (Å²) in [6, 6.07) is 14.6. The SMILES string of the molecule is Cc1cc(C(=O)CSc2nnc(-c3ccccc3F)n2C)c(C)n1Cc1ccc(F)cc1. The Labute approximate surface area is 189 Å². The molecule has 0 N–H and O–H groups in total. The maximum atomic E-state index is 14.1. The largest absolute Gasteiger partial charge is 0.344 e. The molecule has 2 heterocycles. The quantitative estimate of drug-likeness (QED) is 0.286. The lowest BCUT2D eigenvalue weighted by atomic mass is 10.2. The average Bonchev–Trinajstić information content (AvgIpc) is 3.28. The number of hydrogen-bond acceptors (Lipinski definition) is 4. The standard InChI is InChI=1S/C24H22F2N4OS/c1-15-12-20(16(2)30(15)13-17-8-10-18(25)11-9-17)22(31)14-32-24-28-27-23(29(24)3)19-6-4-5-7-21(19)26/h4-12H,13-14H2,1-3H3. The normalized spacial score (nSPS) is 11.2. The first-order chi connectivity index (χ1) is 15.3. The predicted molar refractivity (Wildman–Crippen MR) is 121 cm³/mol. The van der Waals surface area contributed by atoms with E-state index in [4.69, 9.17) is 0 Å². The average molecular weight is 453 g/mol. The summed E-state index contributed by atoms with van der Waals surface area (Å²) in [6.45, 7) is 4.42. The molecule has 2 aromatic carbocycles. The summed E-state index contributed by atoms with van der Waals surface area (Å²) < 4.78 is 31.0. The minimum atomic E-state index is -0.371. The molecular formula is C24H22F2N4OS. The fourth-order valence-electron chi connectivity index (χ4n) is 3.62. The number of ketones is 1. The molecular weight excluding hydrogens is 430 g/mol. The first-order valence-electron chi connectivity index (χ1n) is 10.1. The van der Waals surface area contributed by atoms with Crippen LogP contribution in [0.5, 0.6) is 0 Å². The summed E-state index contributed by atoms with van der Waals surface area (Å²) in [6.07, 6.45) is 0. The third kappa shape index (κ3) is 4.36. The minimum Gasteiger partial charge on any atom is -0.344 e. The van der Waals surface area contributed by atoms with E-state index in [1.807, 2.05) is 24.5 Å². The van der Waals surface area contributed by atoms with Gasteiger partial charge in [0.15, 0.2) is 16.8 Å². The van der Waals surface area contributed by atoms with Gasteiger partial charge in [-0.2, -0.15) is 0 Å². The summed E-state index contributed by atoms with van der Waals surface area (Å²) in [5.74, 6) is -0.0717. The van der Waals surface area contributed by atoms with Crippen LogP contribution in [0.2, 0.25) is 0 Å². The molecule has 0 aliphatic carbocycles. The molecule has 4 rings (SSSR count). The summed E-state index contributed by atoms with van der Waals surface area (Å²) in [4.78, 5) is 12.9. The Balaban J connectivity index is 1.48. The van der Waals surface area contributed by atoms with Crippen molar-refractivity contribution in [3.05, 3.63) is 88.7 Å². The molecule has 0 aliphatic rings. The zero-order valence-electron chi connectivity index (χ0n) is 18.0. The number of benzene rings is 2. The van der Waals surface area contributed by atoms with Gasteiger partial charge in [-0.1, -0.05) is 36.0 Å². The number of carbonyl (C=O) groups excluding carboxylic acids is 1. The molecule has 0 spiro atoms. The van der Waals surface area contributed by atoms with E-state index in [0.29, 0.717) is 28.7 Å². The fourth-order valence-corrected chi connectivity index (χ4v) is 4.42. The van der Waals surface area contributed by atoms with Gasteiger partial charge < -0.3 is 9.13 Å². The number of halogens is 2. The lowest BCUT2D eigenvalue weighted by molar-refractivity contribution is 0.102. The molecule has 5 nitrogen and oxygen atoms in total. The Kier molecular flexibility index (Phi) is 6.23. The number of hydrogen-bond donors (Lipinski definition) is 0. The maximum Gasteiger partial charge on any atom is 0.191 e. The Morgan fingerprint density at radius 2 is 1.75 bits per heavy atom. The van der Waals surface area contributed by atoms with Crippen molar-refractivity contribution >= 4 is 17.5 Å². The molecule has 0 saturated heterocycles. The van der Waals surface area contributed by atoms with Gasteiger partial charge in [0.1, 0.15) is 11.6 Å². The maximum absolute atomic E-state index is 14.1. The number of aryl methyl sites for hydroxylation is 1. The van der Waals surface area contributed by atoms with Gasteiger partial charge >= 0.3 is 0 Å². The van der Waals surface area contributed by atoms with Gasteiger partial charge in [-0.3, -0.25) is 4.79 Å². The summed E-state index contributed by atoms with van der Waals surface area (Å²) >= 11 is 1.27. The highest BCUT2D eigenvalue weighted by molar-refractivity contribution is 7.99. The summed E-state index contributed by atoms with van der Waals surface area (Å²) in [7, 11) is 1.75. The number of aromatic nitrogens is 4. The molecule has 0 amide bonds. The predicted octanol–water partition coefficient (Wildman–Crippen LogP) is 5.20. The molecule has 0 fully saturated rings. The van der Waals surface area contributed by atoms with E-state index in [1.54, 1.807) is 41.9 Å². The van der Waals surface area contributed by atoms with Crippen LogP contribution < -0.4 is 0 Å². The second-order valence-corrected chi connectivity index (χ2v) is 8.50. The highest BCUT2D eigenvalue weighted by Crippen LogP contribution is 2.26. The van der Waals surface area contributed by atoms with Gasteiger partial charge in [0.25, 0.3) is 0 Å². The van der Waals surface area contributed by atoms with E-state index < -0.39 is 0 Å². The van der Waals surface area contributed by atoms with Crippen molar-refractivity contribution in [2.24, 2.45) is 7.05 Å². The van der Waals surface area contributed by atoms with Gasteiger partial charge in [-0.05, 0) is 49.7 Å². The molecule has 32 heavy (non-hydrogen) atoms. The number of Topliss-reactive ketones (excluding diaryl/α,β-unsaturated/α-hetero) is 1. The Hall–Kier alpha value is -3.26. The van der Waals surface area contributed by atoms with E-state index >= 15 is 0 Å². The molecule has 164 valence electrons. The minimum absolute atomic E-state index is 0.0242. The van der Waals surface area contributed by atoms with Crippen molar-refractivity contribution in [2.75, 3.05) is 5.75 Å². The molecule has 0 aliphatic heterocycles. The van der Waals surface area contributed by atoms with Crippen LogP contribution in [0.4, 0.5) is 8.78 Å². The van der Waals surface area contributed by atoms with Gasteiger partial charge in [-0.15, -0.1) is 10.2 Å². The van der Waals surface area contributed by atoms with Gasteiger partial charge in [-0.25, -0.2) is 8.78 Å². The molecule has 0 atom stereocenters. The van der Waals surface area contributed by atoms with Crippen LogP contribution in [0.3, 0.4) is 0 Å². The number of thioether (sulfide) groups is 1. The Morgan fingerprint density at radius 1 is 1.03 bits per heavy atom. The Bertz CT molecular complexity index is 1280. The van der Waals surface area contributed by atoms with Crippen molar-refractivity contribution in [1.29, 1.82) is 0 Å². The van der Waals surface area contributed by atoms with Crippen LogP contribution in [0.15, 0.2) is 59.8 Å². The van der Waals surface area contributed by atoms with E-state index in [1.165, 1.54) is 30.0 Å². The third-order valence-corrected chi connectivity index (χ3v) is 6.43. The smallest absolute Gasteiger partial charge is 0.191 e. The van der Waals surface area contributed by atoms with Crippen molar-refractivity contribution in [1.82, 2.24) is 19.3 Å². The van der Waals surface area contributed by atoms with E-state index in [9.17, 15) is 13.6 Å². The highest BCUT2D eigenvalue weighted by Gasteiger charge is 2.19. The van der Waals surface area contributed by atoms with Gasteiger partial charge in [0.05, 0.1) is 11.3 Å². The molecule has 0 unspecified atom stereocenters. The number of nitrogens with zero attached hydrogens (tertiary/aromatic N) is 4. The third-order valence-electron chi connectivity index (χ3n) is 5.41. The van der Waals surface area contributed by atoms with Crippen LogP contribution in [0.1, 0.15) is 27.3 Å². The number of carbonyl (C=O) groups is 1. The molecule has 0 saturated carbocycles. The fraction of sp³-hybridized carbons (Fsp3) is 0.208. The monoisotopic (exact) mass is 452 g/mol. The highest BCUT2D eigenvalue weighted by atomic mass is 32.2. The zero-order chi connectivity index (χ0) is 22.8. The lowest BCUT2D eigenvalue weighted by Crippen LogP contribution is -2.08. The van der Waals surface area contributed by atoms with E-state index in [2.05, 4.69) is 10.2 Å². The summed E-state index contributed by atoms with van der Waals surface area (Å²) in [5, 5.41) is 8.76. The van der Waals surface area contributed by atoms with Crippen LogP contribution in [0.25, 0.3) is 11.4 Å². The van der Waals surface area contributed by atoms with Gasteiger partial charge in [0, 0.05) is 30.5 Å². The van der Waals surface area contributed by atoms with Gasteiger partial charge in [0.2, 0.25) is 0 Å². The lowest BCUT2D eigenvalue weighted by Gasteiger charge is -2.10. The molecule has 2 aromatic heterocycles. The Morgan fingerprint density at radius 3 is 2.47 bits per heavy atom. The second kappa shape index (κ2) is 9.08. The molecule has 0 bridgehead atoms. The molecule has 8 heteroatoms. The van der Waals surface area contributed by atoms with Crippen LogP contribution >= 0.6 is 11.8 Å². The van der Waals surface area contributed by atoms with E-state index in [0.717, 1.165) is 17.0 Å².